The molecule has 6 nitrogen and oxygen atoms in total. The average molecular weight is 655 g/mol. The molecule has 7 aromatic carbocycles. The molecule has 4 aromatic heterocycles. The summed E-state index contributed by atoms with van der Waals surface area (Å²) in [7, 11) is 0. The Morgan fingerprint density at radius 3 is 1.59 bits per heavy atom. The van der Waals surface area contributed by atoms with E-state index in [1.165, 1.54) is 0 Å². The van der Waals surface area contributed by atoms with Gasteiger partial charge in [-0.25, -0.2) is 4.98 Å². The van der Waals surface area contributed by atoms with Crippen LogP contribution in [0.4, 0.5) is 0 Å². The summed E-state index contributed by atoms with van der Waals surface area (Å²) in [5, 5.41) is 6.62. The average Bonchev–Trinajstić information content (AvgIpc) is 3.86. The molecule has 0 unspecified atom stereocenters. The first-order chi connectivity index (χ1) is 25.2. The normalized spacial score (nSPS) is 11.9. The zero-order chi connectivity index (χ0) is 33.5. The van der Waals surface area contributed by atoms with Crippen LogP contribution in [-0.2, 0) is 0 Å². The van der Waals surface area contributed by atoms with E-state index in [0.29, 0.717) is 17.6 Å². The van der Waals surface area contributed by atoms with Gasteiger partial charge in [-0.15, -0.1) is 0 Å². The van der Waals surface area contributed by atoms with Crippen LogP contribution in [0.25, 0.3) is 106 Å². The lowest BCUT2D eigenvalue weighted by Crippen LogP contribution is -2.06. The van der Waals surface area contributed by atoms with Gasteiger partial charge >= 0.3 is 0 Å². The number of fused-ring (bicyclic) bond motifs is 9. The molecule has 0 fully saturated rings. The van der Waals surface area contributed by atoms with Crippen molar-refractivity contribution in [1.29, 1.82) is 0 Å². The molecule has 0 aliphatic carbocycles. The van der Waals surface area contributed by atoms with Crippen molar-refractivity contribution in [2.24, 2.45) is 0 Å². The van der Waals surface area contributed by atoms with Gasteiger partial charge in [-0.1, -0.05) is 103 Å². The highest BCUT2D eigenvalue weighted by Gasteiger charge is 2.19. The SMILES string of the molecule is c1ccc(-c2nc(-c3ccc4c(c3)oc3ccc(-c5ccc6c(c5)oc5ccccc56)cc34)nc(-n3c4ccccc4c4ccccc43)n2)cc1. The van der Waals surface area contributed by atoms with Crippen LogP contribution in [0, 0.1) is 0 Å². The first kappa shape index (κ1) is 27.9. The summed E-state index contributed by atoms with van der Waals surface area (Å²) in [6.07, 6.45) is 0. The predicted molar refractivity (Wildman–Crippen MR) is 205 cm³/mol. The van der Waals surface area contributed by atoms with Crippen molar-refractivity contribution < 1.29 is 8.83 Å². The van der Waals surface area contributed by atoms with Crippen molar-refractivity contribution >= 4 is 65.7 Å². The van der Waals surface area contributed by atoms with Crippen LogP contribution >= 0.6 is 0 Å². The topological polar surface area (TPSA) is 69.9 Å². The number of rotatable bonds is 4. The number of aromatic nitrogens is 4. The van der Waals surface area contributed by atoms with E-state index in [0.717, 1.165) is 87.9 Å². The third-order valence-corrected chi connectivity index (χ3v) is 9.88. The lowest BCUT2D eigenvalue weighted by atomic mass is 10.0. The predicted octanol–water partition coefficient (Wildman–Crippen LogP) is 11.8. The standard InChI is InChI=1S/C45H26N4O2/c1-2-10-27(11-3-1)43-46-44(48-45(47-43)49-37-15-7-4-12-31(37)32-13-5-8-16-38(32)49)30-19-22-35-36-24-28(20-23-40(36)51-42(35)26-30)29-18-21-34-33-14-6-9-17-39(33)50-41(34)25-29/h1-26H. The van der Waals surface area contributed by atoms with E-state index in [1.54, 1.807) is 0 Å². The van der Waals surface area contributed by atoms with Crippen LogP contribution < -0.4 is 0 Å². The first-order valence-electron chi connectivity index (χ1n) is 16.9. The molecule has 6 heteroatoms. The lowest BCUT2D eigenvalue weighted by molar-refractivity contribution is 0.669. The largest absolute Gasteiger partial charge is 0.456 e. The van der Waals surface area contributed by atoms with Crippen LogP contribution in [0.1, 0.15) is 0 Å². The summed E-state index contributed by atoms with van der Waals surface area (Å²) < 4.78 is 14.8. The van der Waals surface area contributed by atoms with Crippen LogP contribution in [0.15, 0.2) is 167 Å². The fourth-order valence-corrected chi connectivity index (χ4v) is 7.45. The summed E-state index contributed by atoms with van der Waals surface area (Å²) in [4.78, 5) is 15.2. The van der Waals surface area contributed by atoms with Gasteiger partial charge in [0.15, 0.2) is 11.6 Å². The summed E-state index contributed by atoms with van der Waals surface area (Å²) in [5.74, 6) is 1.74. The van der Waals surface area contributed by atoms with Gasteiger partial charge in [0.1, 0.15) is 22.3 Å². The van der Waals surface area contributed by atoms with Gasteiger partial charge in [0.2, 0.25) is 5.95 Å². The molecule has 51 heavy (non-hydrogen) atoms. The molecule has 0 N–H and O–H groups in total. The van der Waals surface area contributed by atoms with Gasteiger partial charge < -0.3 is 8.83 Å². The maximum Gasteiger partial charge on any atom is 0.238 e. The summed E-state index contributed by atoms with van der Waals surface area (Å²) in [6.45, 7) is 0. The lowest BCUT2D eigenvalue weighted by Gasteiger charge is -2.10. The monoisotopic (exact) mass is 654 g/mol. The Labute approximate surface area is 290 Å². The second kappa shape index (κ2) is 10.7. The highest BCUT2D eigenvalue weighted by atomic mass is 16.3. The summed E-state index contributed by atoms with van der Waals surface area (Å²) in [6, 6.07) is 54.0. The molecule has 0 amide bonds. The molecule has 238 valence electrons. The molecule has 0 aliphatic heterocycles. The number of nitrogens with zero attached hydrogens (tertiary/aromatic N) is 4. The van der Waals surface area contributed by atoms with Crippen molar-refractivity contribution in [3.05, 3.63) is 158 Å². The van der Waals surface area contributed by atoms with Crippen molar-refractivity contribution in [3.63, 3.8) is 0 Å². The van der Waals surface area contributed by atoms with E-state index >= 15 is 0 Å². The van der Waals surface area contributed by atoms with E-state index in [-0.39, 0.29) is 0 Å². The van der Waals surface area contributed by atoms with Crippen LogP contribution in [0.2, 0.25) is 0 Å². The quantitative estimate of drug-likeness (QED) is 0.189. The van der Waals surface area contributed by atoms with Gasteiger partial charge in [0, 0.05) is 43.4 Å². The van der Waals surface area contributed by atoms with E-state index in [1.807, 2.05) is 60.7 Å². The molecule has 0 spiro atoms. The Bertz CT molecular complexity index is 3100. The molecule has 0 aliphatic rings. The number of furan rings is 2. The third kappa shape index (κ3) is 4.33. The number of para-hydroxylation sites is 3. The van der Waals surface area contributed by atoms with E-state index in [9.17, 15) is 0 Å². The van der Waals surface area contributed by atoms with Gasteiger partial charge in [-0.3, -0.25) is 4.57 Å². The highest BCUT2D eigenvalue weighted by molar-refractivity contribution is 6.10. The summed E-state index contributed by atoms with van der Waals surface area (Å²) >= 11 is 0. The van der Waals surface area contributed by atoms with Gasteiger partial charge in [0.05, 0.1) is 11.0 Å². The third-order valence-electron chi connectivity index (χ3n) is 9.88. The molecule has 0 saturated carbocycles. The Morgan fingerprint density at radius 1 is 0.333 bits per heavy atom. The summed E-state index contributed by atoms with van der Waals surface area (Å²) in [5.41, 5.74) is 9.39. The van der Waals surface area contributed by atoms with E-state index in [2.05, 4.69) is 102 Å². The molecule has 0 radical (unpaired) electrons. The molecule has 11 rings (SSSR count). The maximum absolute atomic E-state index is 6.45. The van der Waals surface area contributed by atoms with E-state index in [4.69, 9.17) is 23.8 Å². The minimum atomic E-state index is 0.562. The molecule has 0 bridgehead atoms. The number of benzene rings is 7. The van der Waals surface area contributed by atoms with Crippen LogP contribution in [0.3, 0.4) is 0 Å². The van der Waals surface area contributed by atoms with Gasteiger partial charge in [-0.2, -0.15) is 9.97 Å². The minimum Gasteiger partial charge on any atom is -0.456 e. The van der Waals surface area contributed by atoms with Crippen molar-refractivity contribution in [3.8, 4) is 39.9 Å². The molecular weight excluding hydrogens is 629 g/mol. The first-order valence-corrected chi connectivity index (χ1v) is 16.9. The zero-order valence-electron chi connectivity index (χ0n) is 27.1. The Balaban J connectivity index is 1.06. The molecule has 11 aromatic rings. The van der Waals surface area contributed by atoms with Crippen molar-refractivity contribution in [2.75, 3.05) is 0 Å². The zero-order valence-corrected chi connectivity index (χ0v) is 27.1. The van der Waals surface area contributed by atoms with Crippen molar-refractivity contribution in [1.82, 2.24) is 19.5 Å². The fourth-order valence-electron chi connectivity index (χ4n) is 7.45. The van der Waals surface area contributed by atoms with Gasteiger partial charge in [-0.05, 0) is 65.7 Å². The number of hydrogen-bond acceptors (Lipinski definition) is 5. The Hall–Kier alpha value is -7.05. The maximum atomic E-state index is 6.45. The smallest absolute Gasteiger partial charge is 0.238 e. The molecular formula is C45H26N4O2. The number of hydrogen-bond donors (Lipinski definition) is 0. The highest BCUT2D eigenvalue weighted by Crippen LogP contribution is 2.37. The van der Waals surface area contributed by atoms with Crippen molar-refractivity contribution in [2.45, 2.75) is 0 Å². The van der Waals surface area contributed by atoms with Gasteiger partial charge in [0.25, 0.3) is 0 Å². The Morgan fingerprint density at radius 2 is 0.843 bits per heavy atom. The minimum absolute atomic E-state index is 0.562. The Kier molecular flexibility index (Phi) is 5.86. The van der Waals surface area contributed by atoms with E-state index < -0.39 is 0 Å². The fraction of sp³-hybridized carbons (Fsp3) is 0. The second-order valence-corrected chi connectivity index (χ2v) is 12.9. The molecule has 0 saturated heterocycles. The van der Waals surface area contributed by atoms with Crippen LogP contribution in [-0.4, -0.2) is 19.5 Å². The molecule has 0 atom stereocenters. The molecule has 4 heterocycles. The second-order valence-electron chi connectivity index (χ2n) is 12.9. The van der Waals surface area contributed by atoms with Crippen LogP contribution in [0.5, 0.6) is 0 Å².